The minimum Gasteiger partial charge on any atom is -0.453 e. The molecule has 0 radical (unpaired) electrons. The molecule has 0 unspecified atom stereocenters. The van der Waals surface area contributed by atoms with E-state index in [-0.39, 0.29) is 18.3 Å². The summed E-state index contributed by atoms with van der Waals surface area (Å²) in [4.78, 5) is 22.9. The molecule has 0 aliphatic rings. The molecule has 2 heterocycles. The summed E-state index contributed by atoms with van der Waals surface area (Å²) in [6.45, 7) is 1.79. The molecule has 10 nitrogen and oxygen atoms in total. The number of nitrogens with zero attached hydrogens (tertiary/aromatic N) is 5. The van der Waals surface area contributed by atoms with Crippen molar-refractivity contribution in [3.8, 4) is 0 Å². The maximum Gasteiger partial charge on any atom is 0.412 e. The number of hydrogen-bond acceptors (Lipinski definition) is 6. The fourth-order valence-corrected chi connectivity index (χ4v) is 1.65. The van der Waals surface area contributed by atoms with E-state index in [0.717, 1.165) is 5.69 Å². The highest BCUT2D eigenvalue weighted by atomic mass is 16.5. The molecule has 112 valence electrons. The predicted octanol–water partition coefficient (Wildman–Crippen LogP) is 0.137. The second-order valence-corrected chi connectivity index (χ2v) is 4.26. The average Bonchev–Trinajstić information content (AvgIpc) is 2.96. The number of nitrogens with one attached hydrogen (secondary N) is 2. The van der Waals surface area contributed by atoms with E-state index >= 15 is 0 Å². The summed E-state index contributed by atoms with van der Waals surface area (Å²) in [5.74, 6) is 0.504. The largest absolute Gasteiger partial charge is 0.453 e. The first-order valence-electron chi connectivity index (χ1n) is 6.03. The fraction of sp³-hybridized carbons (Fsp3) is 0.364. The minimum absolute atomic E-state index is 0.0416. The Kier molecular flexibility index (Phi) is 4.16. The van der Waals surface area contributed by atoms with Gasteiger partial charge in [0.2, 0.25) is 5.91 Å². The Morgan fingerprint density at radius 2 is 2.14 bits per heavy atom. The summed E-state index contributed by atoms with van der Waals surface area (Å²) in [5, 5.41) is 16.6. The van der Waals surface area contributed by atoms with Crippen LogP contribution in [0.2, 0.25) is 0 Å². The van der Waals surface area contributed by atoms with Crippen molar-refractivity contribution in [2.24, 2.45) is 7.05 Å². The first-order valence-corrected chi connectivity index (χ1v) is 6.03. The molecule has 21 heavy (non-hydrogen) atoms. The molecule has 2 amide bonds. The van der Waals surface area contributed by atoms with E-state index in [9.17, 15) is 9.59 Å². The summed E-state index contributed by atoms with van der Waals surface area (Å²) >= 11 is 0. The first-order chi connectivity index (χ1) is 9.97. The van der Waals surface area contributed by atoms with Crippen LogP contribution in [0.1, 0.15) is 5.69 Å². The summed E-state index contributed by atoms with van der Waals surface area (Å²) in [5.41, 5.74) is 0.804. The summed E-state index contributed by atoms with van der Waals surface area (Å²) in [6, 6.07) is 1.75. The zero-order valence-electron chi connectivity index (χ0n) is 11.8. The van der Waals surface area contributed by atoms with E-state index in [0.29, 0.717) is 5.82 Å². The topological polar surface area (TPSA) is 116 Å². The van der Waals surface area contributed by atoms with Gasteiger partial charge in [0.1, 0.15) is 12.4 Å². The van der Waals surface area contributed by atoms with Crippen LogP contribution >= 0.6 is 0 Å². The number of ether oxygens (including phenoxy) is 1. The lowest BCUT2D eigenvalue weighted by atomic mass is 10.4. The number of methoxy groups -OCH3 is 1. The molecule has 0 spiro atoms. The van der Waals surface area contributed by atoms with Crippen molar-refractivity contribution in [3.63, 3.8) is 0 Å². The second-order valence-electron chi connectivity index (χ2n) is 4.26. The quantitative estimate of drug-likeness (QED) is 0.828. The fourth-order valence-electron chi connectivity index (χ4n) is 1.65. The van der Waals surface area contributed by atoms with Gasteiger partial charge in [0.15, 0.2) is 5.82 Å². The van der Waals surface area contributed by atoms with Gasteiger partial charge in [-0.25, -0.2) is 9.48 Å². The van der Waals surface area contributed by atoms with Crippen molar-refractivity contribution in [2.45, 2.75) is 13.5 Å². The van der Waals surface area contributed by atoms with Crippen LogP contribution in [0.5, 0.6) is 0 Å². The zero-order valence-corrected chi connectivity index (χ0v) is 11.8. The Morgan fingerprint density at radius 1 is 1.38 bits per heavy atom. The van der Waals surface area contributed by atoms with Gasteiger partial charge >= 0.3 is 6.09 Å². The average molecular weight is 293 g/mol. The maximum absolute atomic E-state index is 11.9. The highest BCUT2D eigenvalue weighted by Crippen LogP contribution is 2.08. The molecule has 2 rings (SSSR count). The van der Waals surface area contributed by atoms with Crippen molar-refractivity contribution < 1.29 is 14.3 Å². The van der Waals surface area contributed by atoms with Gasteiger partial charge in [-0.3, -0.25) is 14.8 Å². The third kappa shape index (κ3) is 3.78. The van der Waals surface area contributed by atoms with Crippen LogP contribution in [0.25, 0.3) is 0 Å². The Morgan fingerprint density at radius 3 is 2.76 bits per heavy atom. The van der Waals surface area contributed by atoms with Crippen molar-refractivity contribution >= 4 is 23.6 Å². The Balaban J connectivity index is 1.94. The number of anilines is 2. The van der Waals surface area contributed by atoms with Gasteiger partial charge in [-0.1, -0.05) is 5.21 Å². The summed E-state index contributed by atoms with van der Waals surface area (Å²) in [6.07, 6.45) is 0.766. The number of carbonyl (C=O) groups is 2. The van der Waals surface area contributed by atoms with Gasteiger partial charge in [0.05, 0.1) is 19.0 Å². The van der Waals surface area contributed by atoms with Crippen LogP contribution in [0.4, 0.5) is 16.4 Å². The molecule has 0 aliphatic carbocycles. The lowest BCUT2D eigenvalue weighted by molar-refractivity contribution is -0.117. The van der Waals surface area contributed by atoms with Crippen LogP contribution < -0.4 is 10.6 Å². The molecule has 0 saturated carbocycles. The number of aromatic nitrogens is 5. The molecular formula is C11H15N7O3. The van der Waals surface area contributed by atoms with Crippen LogP contribution in [0.3, 0.4) is 0 Å². The third-order valence-electron chi connectivity index (χ3n) is 2.53. The molecule has 2 N–H and O–H groups in total. The van der Waals surface area contributed by atoms with Crippen molar-refractivity contribution in [3.05, 3.63) is 18.0 Å². The minimum atomic E-state index is -0.656. The van der Waals surface area contributed by atoms with Gasteiger partial charge < -0.3 is 10.1 Å². The smallest absolute Gasteiger partial charge is 0.412 e. The monoisotopic (exact) mass is 293 g/mol. The lowest BCUT2D eigenvalue weighted by Crippen LogP contribution is -2.20. The molecule has 10 heteroatoms. The van der Waals surface area contributed by atoms with E-state index < -0.39 is 6.09 Å². The van der Waals surface area contributed by atoms with E-state index in [4.69, 9.17) is 0 Å². The lowest BCUT2D eigenvalue weighted by Gasteiger charge is -2.04. The Labute approximate surface area is 120 Å². The highest BCUT2D eigenvalue weighted by molar-refractivity contribution is 5.89. The number of carbonyl (C=O) groups excluding carboxylic acids is 2. The number of hydrogen-bond donors (Lipinski definition) is 2. The van der Waals surface area contributed by atoms with E-state index in [1.54, 1.807) is 17.8 Å². The van der Waals surface area contributed by atoms with Crippen LogP contribution in [0.15, 0.2) is 12.3 Å². The molecular weight excluding hydrogens is 278 g/mol. The van der Waals surface area contributed by atoms with Crippen LogP contribution in [-0.4, -0.2) is 43.9 Å². The molecule has 0 fully saturated rings. The predicted molar refractivity (Wildman–Crippen MR) is 72.6 cm³/mol. The van der Waals surface area contributed by atoms with E-state index in [1.165, 1.54) is 18.0 Å². The van der Waals surface area contributed by atoms with Crippen LogP contribution in [0, 0.1) is 6.92 Å². The summed E-state index contributed by atoms with van der Waals surface area (Å²) in [7, 11) is 2.97. The second kappa shape index (κ2) is 6.03. The number of amides is 2. The molecule has 0 aliphatic heterocycles. The van der Waals surface area contributed by atoms with Crippen molar-refractivity contribution in [2.75, 3.05) is 17.7 Å². The third-order valence-corrected chi connectivity index (χ3v) is 2.53. The van der Waals surface area contributed by atoms with Gasteiger partial charge in [0.25, 0.3) is 0 Å². The molecule has 0 saturated heterocycles. The standard InChI is InChI=1S/C11H15N7O3/c1-7-4-9(17(2)15-7)13-10(19)6-18-5-8(14-16-18)12-11(20)21-3/h4-5H,6H2,1-3H3,(H,12,20)(H,13,19). The molecule has 0 aromatic carbocycles. The van der Waals surface area contributed by atoms with E-state index in [2.05, 4.69) is 30.8 Å². The number of aryl methyl sites for hydroxylation is 2. The summed E-state index contributed by atoms with van der Waals surface area (Å²) < 4.78 is 7.29. The zero-order chi connectivity index (χ0) is 15.4. The highest BCUT2D eigenvalue weighted by Gasteiger charge is 2.10. The van der Waals surface area contributed by atoms with E-state index in [1.807, 2.05) is 6.92 Å². The SMILES string of the molecule is COC(=O)Nc1cn(CC(=O)Nc2cc(C)nn2C)nn1. The molecule has 0 atom stereocenters. The van der Waals surface area contributed by atoms with Gasteiger partial charge in [-0.05, 0) is 6.92 Å². The Hall–Kier alpha value is -2.91. The van der Waals surface area contributed by atoms with Gasteiger partial charge in [0, 0.05) is 13.1 Å². The normalized spacial score (nSPS) is 10.2. The number of rotatable bonds is 4. The molecule has 2 aromatic heterocycles. The van der Waals surface area contributed by atoms with Crippen molar-refractivity contribution in [1.29, 1.82) is 0 Å². The van der Waals surface area contributed by atoms with Crippen molar-refractivity contribution in [1.82, 2.24) is 24.8 Å². The van der Waals surface area contributed by atoms with Gasteiger partial charge in [-0.15, -0.1) is 5.10 Å². The molecule has 2 aromatic rings. The Bertz CT molecular complexity index is 661. The maximum atomic E-state index is 11.9. The van der Waals surface area contributed by atoms with Crippen LogP contribution in [-0.2, 0) is 23.1 Å². The molecule has 0 bridgehead atoms. The van der Waals surface area contributed by atoms with Gasteiger partial charge in [-0.2, -0.15) is 5.10 Å². The first kappa shape index (κ1) is 14.5.